The van der Waals surface area contributed by atoms with Crippen LogP contribution in [0.5, 0.6) is 0 Å². The van der Waals surface area contributed by atoms with E-state index in [2.05, 4.69) is 22.6 Å². The van der Waals surface area contributed by atoms with E-state index in [0.29, 0.717) is 11.1 Å². The van der Waals surface area contributed by atoms with Crippen LogP contribution in [0.2, 0.25) is 0 Å². The Labute approximate surface area is 137 Å². The third kappa shape index (κ3) is 3.53. The molecule has 5 heteroatoms. The molecule has 0 bridgehead atoms. The van der Waals surface area contributed by atoms with Gasteiger partial charge in [-0.25, -0.2) is 4.79 Å². The standard InChI is InChI=1S/C16H16INO3/c1-10-8-14(11(2)18(10)3)15(19)9-21-16(20)12-4-6-13(17)7-5-12/h4-8H,9H2,1-3H3. The fraction of sp³-hybridized carbons (Fsp3) is 0.250. The number of hydrogen-bond acceptors (Lipinski definition) is 3. The number of Topliss-reactive ketones (excluding diaryl/α,β-unsaturated/α-hetero) is 1. The second-order valence-electron chi connectivity index (χ2n) is 4.85. The number of hydrogen-bond donors (Lipinski definition) is 0. The number of aryl methyl sites for hydroxylation is 1. The van der Waals surface area contributed by atoms with Gasteiger partial charge < -0.3 is 9.30 Å². The fourth-order valence-corrected chi connectivity index (χ4v) is 2.38. The van der Waals surface area contributed by atoms with E-state index < -0.39 is 5.97 Å². The summed E-state index contributed by atoms with van der Waals surface area (Å²) in [5.74, 6) is -0.667. The fourth-order valence-electron chi connectivity index (χ4n) is 2.02. The van der Waals surface area contributed by atoms with Gasteiger partial charge in [0.25, 0.3) is 0 Å². The van der Waals surface area contributed by atoms with Gasteiger partial charge in [-0.2, -0.15) is 0 Å². The number of halogens is 1. The quantitative estimate of drug-likeness (QED) is 0.452. The molecule has 0 aliphatic rings. The van der Waals surface area contributed by atoms with Crippen molar-refractivity contribution >= 4 is 34.3 Å². The van der Waals surface area contributed by atoms with E-state index in [0.717, 1.165) is 15.0 Å². The Bertz CT molecular complexity index is 686. The largest absolute Gasteiger partial charge is 0.454 e. The zero-order valence-electron chi connectivity index (χ0n) is 12.1. The van der Waals surface area contributed by atoms with E-state index in [-0.39, 0.29) is 12.4 Å². The molecule has 1 aromatic carbocycles. The van der Waals surface area contributed by atoms with Crippen LogP contribution in [0.15, 0.2) is 30.3 Å². The number of carbonyl (C=O) groups excluding carboxylic acids is 2. The Kier molecular flexibility index (Phi) is 4.82. The number of carbonyl (C=O) groups is 2. The van der Waals surface area contributed by atoms with E-state index >= 15 is 0 Å². The van der Waals surface area contributed by atoms with Crippen LogP contribution in [0.4, 0.5) is 0 Å². The highest BCUT2D eigenvalue weighted by Gasteiger charge is 2.16. The Morgan fingerprint density at radius 1 is 1.19 bits per heavy atom. The third-order valence-corrected chi connectivity index (χ3v) is 4.21. The smallest absolute Gasteiger partial charge is 0.338 e. The van der Waals surface area contributed by atoms with Crippen molar-refractivity contribution in [2.75, 3.05) is 6.61 Å². The summed E-state index contributed by atoms with van der Waals surface area (Å²) in [6.07, 6.45) is 0. The first kappa shape index (κ1) is 15.8. The van der Waals surface area contributed by atoms with Crippen molar-refractivity contribution in [2.45, 2.75) is 13.8 Å². The Hall–Kier alpha value is -1.63. The minimum Gasteiger partial charge on any atom is -0.454 e. The van der Waals surface area contributed by atoms with Crippen LogP contribution >= 0.6 is 22.6 Å². The molecule has 0 spiro atoms. The molecular weight excluding hydrogens is 381 g/mol. The van der Waals surface area contributed by atoms with Crippen LogP contribution < -0.4 is 0 Å². The van der Waals surface area contributed by atoms with Crippen molar-refractivity contribution in [1.29, 1.82) is 0 Å². The molecule has 110 valence electrons. The molecule has 1 heterocycles. The SMILES string of the molecule is Cc1cc(C(=O)COC(=O)c2ccc(I)cc2)c(C)n1C. The lowest BCUT2D eigenvalue weighted by Crippen LogP contribution is -2.15. The minimum absolute atomic E-state index is 0.185. The van der Waals surface area contributed by atoms with Crippen LogP contribution in [0, 0.1) is 17.4 Å². The van der Waals surface area contributed by atoms with Gasteiger partial charge in [-0.3, -0.25) is 4.79 Å². The maximum Gasteiger partial charge on any atom is 0.338 e. The number of rotatable bonds is 4. The van der Waals surface area contributed by atoms with Crippen molar-refractivity contribution in [1.82, 2.24) is 4.57 Å². The lowest BCUT2D eigenvalue weighted by molar-refractivity contribution is 0.0474. The molecule has 0 fully saturated rings. The van der Waals surface area contributed by atoms with E-state index in [1.165, 1.54) is 0 Å². The molecule has 21 heavy (non-hydrogen) atoms. The highest BCUT2D eigenvalue weighted by atomic mass is 127. The van der Waals surface area contributed by atoms with Crippen LogP contribution in [-0.4, -0.2) is 22.9 Å². The van der Waals surface area contributed by atoms with Crippen molar-refractivity contribution in [3.05, 3.63) is 56.4 Å². The Morgan fingerprint density at radius 2 is 1.81 bits per heavy atom. The monoisotopic (exact) mass is 397 g/mol. The molecule has 0 unspecified atom stereocenters. The van der Waals surface area contributed by atoms with Gasteiger partial charge in [-0.1, -0.05) is 0 Å². The zero-order valence-corrected chi connectivity index (χ0v) is 14.3. The topological polar surface area (TPSA) is 48.3 Å². The second kappa shape index (κ2) is 6.43. The van der Waals surface area contributed by atoms with Gasteiger partial charge in [0.15, 0.2) is 6.61 Å². The lowest BCUT2D eigenvalue weighted by atomic mass is 10.1. The maximum absolute atomic E-state index is 12.1. The third-order valence-electron chi connectivity index (χ3n) is 3.49. The number of ether oxygens (including phenoxy) is 1. The molecule has 0 saturated carbocycles. The molecular formula is C16H16INO3. The average molecular weight is 397 g/mol. The number of ketones is 1. The molecule has 2 aromatic rings. The summed E-state index contributed by atoms with van der Waals surface area (Å²) in [6, 6.07) is 8.84. The van der Waals surface area contributed by atoms with Gasteiger partial charge in [0.1, 0.15) is 0 Å². The average Bonchev–Trinajstić information content (AvgIpc) is 2.73. The number of nitrogens with zero attached hydrogens (tertiary/aromatic N) is 1. The van der Waals surface area contributed by atoms with Gasteiger partial charge in [-0.05, 0) is 66.8 Å². The molecule has 4 nitrogen and oxygen atoms in total. The van der Waals surface area contributed by atoms with Crippen molar-refractivity contribution in [3.8, 4) is 0 Å². The summed E-state index contributed by atoms with van der Waals surface area (Å²) in [5.41, 5.74) is 2.93. The van der Waals surface area contributed by atoms with Crippen LogP contribution in [0.25, 0.3) is 0 Å². The Morgan fingerprint density at radius 3 is 2.33 bits per heavy atom. The first-order chi connectivity index (χ1) is 9.90. The molecule has 0 amide bonds. The van der Waals surface area contributed by atoms with Gasteiger partial charge >= 0.3 is 5.97 Å². The molecule has 1 aromatic heterocycles. The van der Waals surface area contributed by atoms with Crippen LogP contribution in [0.1, 0.15) is 32.1 Å². The van der Waals surface area contributed by atoms with Gasteiger partial charge in [0.2, 0.25) is 5.78 Å². The van der Waals surface area contributed by atoms with E-state index in [4.69, 9.17) is 4.74 Å². The zero-order chi connectivity index (χ0) is 15.6. The van der Waals surface area contributed by atoms with E-state index in [1.54, 1.807) is 12.1 Å². The summed E-state index contributed by atoms with van der Waals surface area (Å²) >= 11 is 2.16. The van der Waals surface area contributed by atoms with Crippen molar-refractivity contribution < 1.29 is 14.3 Å². The first-order valence-corrected chi connectivity index (χ1v) is 7.57. The first-order valence-electron chi connectivity index (χ1n) is 6.49. The predicted octanol–water partition coefficient (Wildman–Crippen LogP) is 3.29. The summed E-state index contributed by atoms with van der Waals surface area (Å²) in [6.45, 7) is 3.57. The summed E-state index contributed by atoms with van der Waals surface area (Å²) < 4.78 is 8.06. The van der Waals surface area contributed by atoms with E-state index in [9.17, 15) is 9.59 Å². The van der Waals surface area contributed by atoms with E-state index in [1.807, 2.05) is 43.7 Å². The van der Waals surface area contributed by atoms with Gasteiger partial charge in [0, 0.05) is 27.6 Å². The van der Waals surface area contributed by atoms with Crippen molar-refractivity contribution in [2.24, 2.45) is 7.05 Å². The number of aromatic nitrogens is 1. The summed E-state index contributed by atoms with van der Waals surface area (Å²) in [4.78, 5) is 24.0. The minimum atomic E-state index is -0.481. The summed E-state index contributed by atoms with van der Waals surface area (Å²) in [5, 5.41) is 0. The predicted molar refractivity (Wildman–Crippen MR) is 88.7 cm³/mol. The highest BCUT2D eigenvalue weighted by molar-refractivity contribution is 14.1. The number of benzene rings is 1. The highest BCUT2D eigenvalue weighted by Crippen LogP contribution is 2.14. The van der Waals surface area contributed by atoms with Crippen LogP contribution in [-0.2, 0) is 11.8 Å². The molecule has 2 rings (SSSR count). The molecule has 0 aliphatic heterocycles. The maximum atomic E-state index is 12.1. The van der Waals surface area contributed by atoms with Crippen LogP contribution in [0.3, 0.4) is 0 Å². The van der Waals surface area contributed by atoms with Gasteiger partial charge in [-0.15, -0.1) is 0 Å². The molecule has 0 radical (unpaired) electrons. The molecule has 0 N–H and O–H groups in total. The molecule has 0 saturated heterocycles. The Balaban J connectivity index is 2.02. The normalized spacial score (nSPS) is 10.5. The molecule has 0 aliphatic carbocycles. The lowest BCUT2D eigenvalue weighted by Gasteiger charge is -2.05. The van der Waals surface area contributed by atoms with Gasteiger partial charge in [0.05, 0.1) is 5.56 Å². The molecule has 0 atom stereocenters. The van der Waals surface area contributed by atoms with Crippen molar-refractivity contribution in [3.63, 3.8) is 0 Å². The summed E-state index contributed by atoms with van der Waals surface area (Å²) in [7, 11) is 1.90. The number of esters is 1. The second-order valence-corrected chi connectivity index (χ2v) is 6.10.